The molecule has 1 aromatic heterocycles. The summed E-state index contributed by atoms with van der Waals surface area (Å²) in [6.45, 7) is 0.889. The molecule has 0 fully saturated rings. The highest BCUT2D eigenvalue weighted by molar-refractivity contribution is 9.10. The van der Waals surface area contributed by atoms with Crippen molar-refractivity contribution in [3.8, 4) is 0 Å². The highest BCUT2D eigenvalue weighted by atomic mass is 79.9. The van der Waals surface area contributed by atoms with E-state index in [9.17, 15) is 0 Å². The summed E-state index contributed by atoms with van der Waals surface area (Å²) in [7, 11) is 0. The van der Waals surface area contributed by atoms with Crippen LogP contribution in [0.4, 0.5) is 0 Å². The van der Waals surface area contributed by atoms with Crippen LogP contribution in [0.25, 0.3) is 17.0 Å². The first-order valence-electron chi connectivity index (χ1n) is 6.29. The Morgan fingerprint density at radius 1 is 1.00 bits per heavy atom. The molecule has 0 unspecified atom stereocenters. The molecule has 3 aromatic rings. The van der Waals surface area contributed by atoms with Crippen molar-refractivity contribution in [3.63, 3.8) is 0 Å². The number of nitrogens with zero attached hydrogens (tertiary/aromatic N) is 1. The van der Waals surface area contributed by atoms with Gasteiger partial charge in [0.2, 0.25) is 0 Å². The van der Waals surface area contributed by atoms with Crippen LogP contribution in [0.5, 0.6) is 0 Å². The van der Waals surface area contributed by atoms with Gasteiger partial charge in [-0.3, -0.25) is 0 Å². The molecule has 0 aliphatic heterocycles. The van der Waals surface area contributed by atoms with Crippen molar-refractivity contribution in [3.05, 3.63) is 76.9 Å². The summed E-state index contributed by atoms with van der Waals surface area (Å²) in [5.41, 5.74) is 2.50. The third-order valence-corrected chi connectivity index (χ3v) is 3.64. The second-order valence-corrected chi connectivity index (χ2v) is 5.40. The largest absolute Gasteiger partial charge is 0.344 e. The monoisotopic (exact) mass is 311 g/mol. The van der Waals surface area contributed by atoms with E-state index in [4.69, 9.17) is 0 Å². The molecular formula is C17H14BrN. The number of allylic oxidation sites excluding steroid dienone is 1. The van der Waals surface area contributed by atoms with Gasteiger partial charge in [-0.15, -0.1) is 0 Å². The van der Waals surface area contributed by atoms with Gasteiger partial charge in [0.1, 0.15) is 0 Å². The zero-order valence-electron chi connectivity index (χ0n) is 10.5. The minimum Gasteiger partial charge on any atom is -0.344 e. The lowest BCUT2D eigenvalue weighted by molar-refractivity contribution is 0.866. The second-order valence-electron chi connectivity index (χ2n) is 4.48. The Morgan fingerprint density at radius 3 is 2.68 bits per heavy atom. The molecule has 2 heteroatoms. The van der Waals surface area contributed by atoms with Crippen molar-refractivity contribution in [1.82, 2.24) is 4.57 Å². The van der Waals surface area contributed by atoms with Crippen LogP contribution in [0.3, 0.4) is 0 Å². The third kappa shape index (κ3) is 2.79. The van der Waals surface area contributed by atoms with E-state index < -0.39 is 0 Å². The number of benzene rings is 2. The Bertz CT molecular complexity index is 710. The number of hydrogen-bond acceptors (Lipinski definition) is 0. The Hall–Kier alpha value is -1.80. The van der Waals surface area contributed by atoms with Crippen molar-refractivity contribution in [2.45, 2.75) is 6.54 Å². The molecule has 0 N–H and O–H groups in total. The van der Waals surface area contributed by atoms with Gasteiger partial charge in [0.15, 0.2) is 0 Å². The fourth-order valence-electron chi connectivity index (χ4n) is 2.20. The lowest BCUT2D eigenvalue weighted by Gasteiger charge is -2.01. The Morgan fingerprint density at radius 2 is 1.84 bits per heavy atom. The zero-order valence-corrected chi connectivity index (χ0v) is 12.0. The van der Waals surface area contributed by atoms with Crippen LogP contribution in [0, 0.1) is 0 Å². The van der Waals surface area contributed by atoms with Crippen molar-refractivity contribution >= 4 is 32.9 Å². The van der Waals surface area contributed by atoms with Crippen LogP contribution in [0.1, 0.15) is 5.56 Å². The molecule has 2 aromatic carbocycles. The number of hydrogen-bond donors (Lipinski definition) is 0. The summed E-state index contributed by atoms with van der Waals surface area (Å²) >= 11 is 3.50. The number of rotatable bonds is 3. The number of aromatic nitrogens is 1. The quantitative estimate of drug-likeness (QED) is 0.633. The smallest absolute Gasteiger partial charge is 0.0483 e. The van der Waals surface area contributed by atoms with Crippen LogP contribution < -0.4 is 0 Å². The molecule has 0 atom stereocenters. The predicted octanol–water partition coefficient (Wildman–Crippen LogP) is 5.12. The Labute approximate surface area is 121 Å². The maximum atomic E-state index is 3.50. The molecule has 94 valence electrons. The molecule has 0 saturated heterocycles. The summed E-state index contributed by atoms with van der Waals surface area (Å²) in [6, 6.07) is 18.9. The van der Waals surface area contributed by atoms with Crippen molar-refractivity contribution in [1.29, 1.82) is 0 Å². The summed E-state index contributed by atoms with van der Waals surface area (Å²) in [6.07, 6.45) is 6.48. The third-order valence-electron chi connectivity index (χ3n) is 3.15. The van der Waals surface area contributed by atoms with Gasteiger partial charge in [-0.1, -0.05) is 58.4 Å². The van der Waals surface area contributed by atoms with Gasteiger partial charge in [0, 0.05) is 28.1 Å². The predicted molar refractivity (Wildman–Crippen MR) is 85.1 cm³/mol. The average Bonchev–Trinajstić information content (AvgIpc) is 2.82. The van der Waals surface area contributed by atoms with Crippen LogP contribution in [-0.4, -0.2) is 4.57 Å². The summed E-state index contributed by atoms with van der Waals surface area (Å²) in [5, 5.41) is 1.27. The Balaban J connectivity index is 1.81. The van der Waals surface area contributed by atoms with Crippen molar-refractivity contribution in [2.24, 2.45) is 0 Å². The molecule has 3 rings (SSSR count). The summed E-state index contributed by atoms with van der Waals surface area (Å²) in [4.78, 5) is 0. The first kappa shape index (κ1) is 12.2. The van der Waals surface area contributed by atoms with Crippen molar-refractivity contribution < 1.29 is 0 Å². The van der Waals surface area contributed by atoms with Gasteiger partial charge >= 0.3 is 0 Å². The van der Waals surface area contributed by atoms with Crippen LogP contribution in [-0.2, 0) is 6.54 Å². The Kier molecular flexibility index (Phi) is 3.51. The maximum absolute atomic E-state index is 3.50. The molecule has 0 saturated carbocycles. The first-order chi connectivity index (χ1) is 9.33. The second kappa shape index (κ2) is 5.45. The molecule has 19 heavy (non-hydrogen) atoms. The minimum atomic E-state index is 0.889. The molecule has 0 aliphatic rings. The van der Waals surface area contributed by atoms with E-state index in [0.717, 1.165) is 11.0 Å². The van der Waals surface area contributed by atoms with Gasteiger partial charge in [0.05, 0.1) is 0 Å². The normalized spacial score (nSPS) is 11.4. The molecule has 0 amide bonds. The van der Waals surface area contributed by atoms with Gasteiger partial charge < -0.3 is 4.57 Å². The highest BCUT2D eigenvalue weighted by Gasteiger charge is 1.99. The fourth-order valence-corrected chi connectivity index (χ4v) is 2.58. The van der Waals surface area contributed by atoms with E-state index in [0.29, 0.717) is 0 Å². The summed E-state index contributed by atoms with van der Waals surface area (Å²) in [5.74, 6) is 0. The number of fused-ring (bicyclic) bond motifs is 1. The van der Waals surface area contributed by atoms with E-state index >= 15 is 0 Å². The lowest BCUT2D eigenvalue weighted by Crippen LogP contribution is -1.91. The van der Waals surface area contributed by atoms with E-state index in [1.165, 1.54) is 16.5 Å². The van der Waals surface area contributed by atoms with Crippen LogP contribution >= 0.6 is 15.9 Å². The molecule has 1 nitrogen and oxygen atoms in total. The molecule has 0 aliphatic carbocycles. The van der Waals surface area contributed by atoms with Crippen LogP contribution in [0.2, 0.25) is 0 Å². The first-order valence-corrected chi connectivity index (χ1v) is 7.08. The van der Waals surface area contributed by atoms with Gasteiger partial charge in [-0.05, 0) is 29.8 Å². The molecular weight excluding hydrogens is 298 g/mol. The topological polar surface area (TPSA) is 4.93 Å². The summed E-state index contributed by atoms with van der Waals surface area (Å²) < 4.78 is 3.37. The standard InChI is InChI=1S/C17H14BrN/c18-16-8-9-17-15(13-16)10-12-19(17)11-4-7-14-5-2-1-3-6-14/h1-10,12-13H,11H2/b7-4+. The van der Waals surface area contributed by atoms with Crippen molar-refractivity contribution in [2.75, 3.05) is 0 Å². The fraction of sp³-hybridized carbons (Fsp3) is 0.0588. The van der Waals surface area contributed by atoms with E-state index in [1.54, 1.807) is 0 Å². The minimum absolute atomic E-state index is 0.889. The van der Waals surface area contributed by atoms with E-state index in [-0.39, 0.29) is 0 Å². The molecule has 1 heterocycles. The van der Waals surface area contributed by atoms with Gasteiger partial charge in [-0.2, -0.15) is 0 Å². The van der Waals surface area contributed by atoms with E-state index in [2.05, 4.69) is 87.4 Å². The average molecular weight is 312 g/mol. The van der Waals surface area contributed by atoms with Gasteiger partial charge in [0.25, 0.3) is 0 Å². The van der Waals surface area contributed by atoms with Gasteiger partial charge in [-0.25, -0.2) is 0 Å². The highest BCUT2D eigenvalue weighted by Crippen LogP contribution is 2.20. The molecule has 0 spiro atoms. The molecule has 0 radical (unpaired) electrons. The van der Waals surface area contributed by atoms with Crippen LogP contribution in [0.15, 0.2) is 71.3 Å². The zero-order chi connectivity index (χ0) is 13.1. The van der Waals surface area contributed by atoms with E-state index in [1.807, 2.05) is 6.07 Å². The maximum Gasteiger partial charge on any atom is 0.0483 e. The SMILES string of the molecule is Brc1ccc2c(ccn2C/C=C/c2ccccc2)c1. The number of halogens is 1. The lowest BCUT2D eigenvalue weighted by atomic mass is 10.2. The molecule has 0 bridgehead atoms.